The van der Waals surface area contributed by atoms with Gasteiger partial charge in [-0.15, -0.1) is 0 Å². The maximum absolute atomic E-state index is 13.3. The number of methoxy groups -OCH3 is 1. The van der Waals surface area contributed by atoms with E-state index in [2.05, 4.69) is 37.1 Å². The average Bonchev–Trinajstić information content (AvgIpc) is 3.09. The monoisotopic (exact) mass is 484 g/mol. The van der Waals surface area contributed by atoms with Crippen LogP contribution in [0.1, 0.15) is 17.2 Å². The first kappa shape index (κ1) is 24.7. The van der Waals surface area contributed by atoms with Crippen molar-refractivity contribution in [2.45, 2.75) is 32.1 Å². The minimum absolute atomic E-state index is 0.0281. The smallest absolute Gasteiger partial charge is 0.289 e. The van der Waals surface area contributed by atoms with Crippen LogP contribution in [0.4, 0.5) is 4.79 Å². The van der Waals surface area contributed by atoms with Gasteiger partial charge in [0.05, 0.1) is 20.9 Å². The van der Waals surface area contributed by atoms with Gasteiger partial charge in [-0.1, -0.05) is 73.0 Å². The first-order chi connectivity index (χ1) is 15.6. The number of carbonyl (C=O) groups excluding carboxylic acids is 4. The molecule has 0 saturated carbocycles. The van der Waals surface area contributed by atoms with Crippen LogP contribution in [0.5, 0.6) is 5.75 Å². The number of hydrogen-bond donors (Lipinski definition) is 1. The second kappa shape index (κ2) is 10.3. The molecule has 1 heterocycles. The molecular weight excluding hydrogens is 456 g/mol. The highest BCUT2D eigenvalue weighted by Crippen LogP contribution is 2.22. The maximum Gasteiger partial charge on any atom is 0.289 e. The molecule has 2 aromatic rings. The summed E-state index contributed by atoms with van der Waals surface area (Å²) >= 11 is 0.865. The lowest BCUT2D eigenvalue weighted by molar-refractivity contribution is -0.132. The first-order valence-corrected chi connectivity index (χ1v) is 15.1. The molecule has 0 bridgehead atoms. The molecule has 1 atom stereocenters. The molecule has 3 rings (SSSR count). The molecule has 1 N–H and O–H groups in total. The van der Waals surface area contributed by atoms with E-state index in [9.17, 15) is 19.2 Å². The maximum atomic E-state index is 13.3. The summed E-state index contributed by atoms with van der Waals surface area (Å²) < 4.78 is 5.18. The van der Waals surface area contributed by atoms with Crippen LogP contribution in [0.2, 0.25) is 19.6 Å². The molecule has 1 aliphatic rings. The number of imide groups is 1. The first-order valence-electron chi connectivity index (χ1n) is 10.6. The zero-order valence-corrected chi connectivity index (χ0v) is 21.0. The summed E-state index contributed by atoms with van der Waals surface area (Å²) in [4.78, 5) is 50.5. The number of carbonyl (C=O) groups is 4. The van der Waals surface area contributed by atoms with E-state index in [1.165, 1.54) is 5.19 Å². The molecule has 3 amide bonds. The third-order valence-corrected chi connectivity index (χ3v) is 8.34. The number of Topliss-reactive ketones (excluding diaryl/α,β-unsaturated/α-hetero) is 1. The van der Waals surface area contributed by atoms with Crippen molar-refractivity contribution in [1.29, 1.82) is 0 Å². The number of nitrogens with zero attached hydrogens (tertiary/aromatic N) is 1. The number of amides is 3. The van der Waals surface area contributed by atoms with Gasteiger partial charge in [0.2, 0.25) is 11.8 Å². The standard InChI is InChI=1S/C24H28N2O5SSi/c1-31-18-9-7-17(8-10-18)23(25-21(28)14-26-22(29)15-32-24(26)30)20(27)13-16-5-11-19(12-6-16)33(2,3)4/h5-12,23H,13-15H2,1-4H3,(H,25,28). The number of ketones is 1. The van der Waals surface area contributed by atoms with Gasteiger partial charge in [-0.3, -0.25) is 24.1 Å². The van der Waals surface area contributed by atoms with Gasteiger partial charge in [-0.2, -0.15) is 0 Å². The van der Waals surface area contributed by atoms with Crippen LogP contribution in [0.3, 0.4) is 0 Å². The Hall–Kier alpha value is -2.91. The molecule has 1 fully saturated rings. The van der Waals surface area contributed by atoms with Crippen LogP contribution in [-0.4, -0.2) is 55.2 Å². The molecule has 9 heteroatoms. The topological polar surface area (TPSA) is 92.8 Å². The summed E-state index contributed by atoms with van der Waals surface area (Å²) in [5.74, 6) is -0.510. The number of benzene rings is 2. The molecular formula is C24H28N2O5SSi. The van der Waals surface area contributed by atoms with E-state index < -0.39 is 37.7 Å². The van der Waals surface area contributed by atoms with Gasteiger partial charge in [0, 0.05) is 6.42 Å². The molecule has 1 aliphatic heterocycles. The highest BCUT2D eigenvalue weighted by molar-refractivity contribution is 8.14. The second-order valence-electron chi connectivity index (χ2n) is 8.90. The summed E-state index contributed by atoms with van der Waals surface area (Å²) in [6.07, 6.45) is 0.139. The lowest BCUT2D eigenvalue weighted by atomic mass is 9.97. The highest BCUT2D eigenvalue weighted by Gasteiger charge is 2.32. The van der Waals surface area contributed by atoms with Crippen LogP contribution in [0.15, 0.2) is 48.5 Å². The van der Waals surface area contributed by atoms with E-state index in [0.29, 0.717) is 11.3 Å². The lowest BCUT2D eigenvalue weighted by Gasteiger charge is -2.21. The predicted molar refractivity (Wildman–Crippen MR) is 132 cm³/mol. The number of ether oxygens (including phenoxy) is 1. The van der Waals surface area contributed by atoms with Crippen molar-refractivity contribution in [3.8, 4) is 5.75 Å². The van der Waals surface area contributed by atoms with Crippen molar-refractivity contribution in [2.75, 3.05) is 19.4 Å². The van der Waals surface area contributed by atoms with Crippen molar-refractivity contribution in [1.82, 2.24) is 10.2 Å². The van der Waals surface area contributed by atoms with Crippen molar-refractivity contribution in [3.05, 3.63) is 59.7 Å². The Morgan fingerprint density at radius 1 is 1.06 bits per heavy atom. The van der Waals surface area contributed by atoms with E-state index in [4.69, 9.17) is 4.74 Å². The summed E-state index contributed by atoms with van der Waals surface area (Å²) in [5.41, 5.74) is 1.46. The number of thioether (sulfide) groups is 1. The SMILES string of the molecule is COc1ccc(C(NC(=O)CN2C(=O)CSC2=O)C(=O)Cc2ccc([Si](C)(C)C)cc2)cc1. The van der Waals surface area contributed by atoms with E-state index in [0.717, 1.165) is 22.2 Å². The molecule has 0 aliphatic carbocycles. The molecule has 0 radical (unpaired) electrons. The Kier molecular flexibility index (Phi) is 7.75. The Balaban J connectivity index is 1.78. The van der Waals surface area contributed by atoms with Crippen molar-refractivity contribution < 1.29 is 23.9 Å². The molecule has 1 saturated heterocycles. The largest absolute Gasteiger partial charge is 0.497 e. The Morgan fingerprint density at radius 3 is 2.21 bits per heavy atom. The van der Waals surface area contributed by atoms with E-state index >= 15 is 0 Å². The van der Waals surface area contributed by atoms with Crippen molar-refractivity contribution in [3.63, 3.8) is 0 Å². The van der Waals surface area contributed by atoms with E-state index in [-0.39, 0.29) is 18.0 Å². The van der Waals surface area contributed by atoms with Gasteiger partial charge >= 0.3 is 0 Å². The molecule has 0 aromatic heterocycles. The third-order valence-electron chi connectivity index (χ3n) is 5.42. The van der Waals surface area contributed by atoms with E-state index in [1.807, 2.05) is 12.1 Å². The molecule has 2 aromatic carbocycles. The third kappa shape index (κ3) is 6.32. The fourth-order valence-electron chi connectivity index (χ4n) is 3.46. The summed E-state index contributed by atoms with van der Waals surface area (Å²) in [7, 11) is 0.101. The van der Waals surface area contributed by atoms with E-state index in [1.54, 1.807) is 31.4 Å². The average molecular weight is 485 g/mol. The van der Waals surface area contributed by atoms with Crippen LogP contribution >= 0.6 is 11.8 Å². The van der Waals surface area contributed by atoms with Gasteiger partial charge < -0.3 is 10.1 Å². The lowest BCUT2D eigenvalue weighted by Crippen LogP contribution is -2.43. The summed E-state index contributed by atoms with van der Waals surface area (Å²) in [5, 5.41) is 3.57. The molecule has 0 spiro atoms. The highest BCUT2D eigenvalue weighted by atomic mass is 32.2. The molecule has 7 nitrogen and oxygen atoms in total. The minimum atomic E-state index is -1.45. The van der Waals surface area contributed by atoms with Gasteiger partial charge in [0.15, 0.2) is 5.78 Å². The molecule has 174 valence electrons. The Bertz CT molecular complexity index is 1030. The number of hydrogen-bond acceptors (Lipinski definition) is 6. The molecule has 33 heavy (non-hydrogen) atoms. The second-order valence-corrected chi connectivity index (χ2v) is 14.9. The predicted octanol–water partition coefficient (Wildman–Crippen LogP) is 2.90. The van der Waals surface area contributed by atoms with Crippen LogP contribution in [-0.2, 0) is 20.8 Å². The van der Waals surface area contributed by atoms with Crippen LogP contribution in [0, 0.1) is 0 Å². The molecule has 1 unspecified atom stereocenters. The van der Waals surface area contributed by atoms with Crippen LogP contribution < -0.4 is 15.2 Å². The van der Waals surface area contributed by atoms with Gasteiger partial charge in [0.25, 0.3) is 5.24 Å². The fourth-order valence-corrected chi connectivity index (χ4v) is 5.35. The number of rotatable bonds is 9. The summed E-state index contributed by atoms with van der Waals surface area (Å²) in [6, 6.07) is 14.0. The van der Waals surface area contributed by atoms with Crippen molar-refractivity contribution in [2.24, 2.45) is 0 Å². The Labute approximate surface area is 198 Å². The normalized spacial score (nSPS) is 14.8. The number of nitrogens with one attached hydrogen (secondary N) is 1. The zero-order valence-electron chi connectivity index (χ0n) is 19.2. The van der Waals surface area contributed by atoms with Gasteiger partial charge in [-0.25, -0.2) is 0 Å². The minimum Gasteiger partial charge on any atom is -0.497 e. The zero-order chi connectivity index (χ0) is 24.2. The van der Waals surface area contributed by atoms with Gasteiger partial charge in [0.1, 0.15) is 18.3 Å². The summed E-state index contributed by atoms with van der Waals surface area (Å²) in [6.45, 7) is 6.37. The van der Waals surface area contributed by atoms with Crippen molar-refractivity contribution >= 4 is 47.9 Å². The quantitative estimate of drug-likeness (QED) is 0.550. The van der Waals surface area contributed by atoms with Gasteiger partial charge in [-0.05, 0) is 23.3 Å². The fraction of sp³-hybridized carbons (Fsp3) is 0.333. The van der Waals surface area contributed by atoms with Crippen LogP contribution in [0.25, 0.3) is 0 Å². The Morgan fingerprint density at radius 2 is 1.70 bits per heavy atom.